The quantitative estimate of drug-likeness (QED) is 0.499. The first-order chi connectivity index (χ1) is 4.94. The van der Waals surface area contributed by atoms with Crippen LogP contribution in [0.3, 0.4) is 0 Å². The largest absolute Gasteiger partial charge is 0.297 e. The topological polar surface area (TPSA) is 23.6 Å². The molecule has 3 nitrogen and oxygen atoms in total. The smallest absolute Gasteiger partial charge is 0.160 e. The fourth-order valence-corrected chi connectivity index (χ4v) is 1.26. The van der Waals surface area contributed by atoms with Crippen LogP contribution in [-0.4, -0.2) is 48.4 Å². The van der Waals surface area contributed by atoms with E-state index in [1.807, 2.05) is 14.1 Å². The van der Waals surface area contributed by atoms with Crippen LogP contribution in [0.15, 0.2) is 0 Å². The summed E-state index contributed by atoms with van der Waals surface area (Å²) in [6, 6.07) is 0. The first kappa shape index (κ1) is 8.68. The monoisotopic (exact) mass is 156 g/mol. The second kappa shape index (κ2) is 2.57. The molecule has 64 valence electrons. The lowest BCUT2D eigenvalue weighted by molar-refractivity contribution is -0.134. The maximum Gasteiger partial charge on any atom is 0.160 e. The van der Waals surface area contributed by atoms with Gasteiger partial charge in [0.25, 0.3) is 0 Å². The molecule has 1 fully saturated rings. The Morgan fingerprint density at radius 3 is 1.91 bits per heavy atom. The van der Waals surface area contributed by atoms with Gasteiger partial charge in [0.1, 0.15) is 0 Å². The van der Waals surface area contributed by atoms with E-state index in [4.69, 9.17) is 0 Å². The molecule has 0 saturated carbocycles. The average molecular weight is 156 g/mol. The normalized spacial score (nSPS) is 27.5. The first-order valence-electron chi connectivity index (χ1n) is 3.89. The SMILES string of the molecule is CN1CC(=O)CN(C)C1(C)C. The summed E-state index contributed by atoms with van der Waals surface area (Å²) in [4.78, 5) is 15.2. The van der Waals surface area contributed by atoms with Crippen LogP contribution in [0.5, 0.6) is 0 Å². The molecule has 1 saturated heterocycles. The minimum absolute atomic E-state index is 0.0217. The van der Waals surface area contributed by atoms with Crippen LogP contribution in [-0.2, 0) is 4.79 Å². The third-order valence-electron chi connectivity index (χ3n) is 2.70. The Balaban J connectivity index is 2.75. The number of ketones is 1. The van der Waals surface area contributed by atoms with Crippen LogP contribution in [0.2, 0.25) is 0 Å². The zero-order chi connectivity index (χ0) is 8.65. The maximum atomic E-state index is 11.1. The van der Waals surface area contributed by atoms with Crippen molar-refractivity contribution in [2.24, 2.45) is 0 Å². The van der Waals surface area contributed by atoms with Crippen LogP contribution >= 0.6 is 0 Å². The molecule has 0 aromatic carbocycles. The third kappa shape index (κ3) is 1.44. The molecule has 1 aliphatic heterocycles. The average Bonchev–Trinajstić information content (AvgIpc) is 1.84. The first-order valence-corrected chi connectivity index (χ1v) is 3.89. The Morgan fingerprint density at radius 2 is 1.55 bits per heavy atom. The maximum absolute atomic E-state index is 11.1. The van der Waals surface area contributed by atoms with Gasteiger partial charge in [0.15, 0.2) is 5.78 Å². The summed E-state index contributed by atoms with van der Waals surface area (Å²) in [5.41, 5.74) is 0.0217. The van der Waals surface area contributed by atoms with E-state index in [0.29, 0.717) is 18.9 Å². The third-order valence-corrected chi connectivity index (χ3v) is 2.70. The standard InChI is InChI=1S/C8H16N2O/c1-8(2)9(3)5-7(11)6-10(8)4/h5-6H2,1-4H3. The van der Waals surface area contributed by atoms with E-state index in [1.54, 1.807) is 0 Å². The van der Waals surface area contributed by atoms with Crippen molar-refractivity contribution in [3.05, 3.63) is 0 Å². The summed E-state index contributed by atoms with van der Waals surface area (Å²) in [5.74, 6) is 0.300. The van der Waals surface area contributed by atoms with Gasteiger partial charge in [-0.3, -0.25) is 14.6 Å². The molecule has 0 aliphatic carbocycles. The zero-order valence-corrected chi connectivity index (χ0v) is 7.72. The second-order valence-electron chi connectivity index (χ2n) is 3.75. The van der Waals surface area contributed by atoms with Crippen molar-refractivity contribution < 1.29 is 4.79 Å². The van der Waals surface area contributed by atoms with Crippen molar-refractivity contribution >= 4 is 5.78 Å². The van der Waals surface area contributed by atoms with Gasteiger partial charge in [-0.15, -0.1) is 0 Å². The summed E-state index contributed by atoms with van der Waals surface area (Å²) >= 11 is 0. The lowest BCUT2D eigenvalue weighted by Gasteiger charge is -2.46. The molecule has 11 heavy (non-hydrogen) atoms. The molecule has 0 spiro atoms. The van der Waals surface area contributed by atoms with Gasteiger partial charge < -0.3 is 0 Å². The van der Waals surface area contributed by atoms with E-state index in [0.717, 1.165) is 0 Å². The lowest BCUT2D eigenvalue weighted by atomic mass is 10.1. The molecule has 0 N–H and O–H groups in total. The number of hydrogen-bond donors (Lipinski definition) is 0. The number of likely N-dealkylation sites (N-methyl/N-ethyl adjacent to an activating group) is 2. The molecular formula is C8H16N2O. The van der Waals surface area contributed by atoms with Crippen LogP contribution in [0.25, 0.3) is 0 Å². The van der Waals surface area contributed by atoms with Crippen molar-refractivity contribution in [3.63, 3.8) is 0 Å². The highest BCUT2D eigenvalue weighted by atomic mass is 16.1. The second-order valence-corrected chi connectivity index (χ2v) is 3.75. The highest BCUT2D eigenvalue weighted by Crippen LogP contribution is 2.19. The minimum atomic E-state index is 0.0217. The highest BCUT2D eigenvalue weighted by Gasteiger charge is 2.34. The molecule has 0 aromatic rings. The molecule has 1 aliphatic rings. The summed E-state index contributed by atoms with van der Waals surface area (Å²) in [7, 11) is 3.96. The van der Waals surface area contributed by atoms with Gasteiger partial charge in [-0.05, 0) is 27.9 Å². The number of hydrogen-bond acceptors (Lipinski definition) is 3. The van der Waals surface area contributed by atoms with Gasteiger partial charge in [0.2, 0.25) is 0 Å². The minimum Gasteiger partial charge on any atom is -0.297 e. The number of rotatable bonds is 0. The predicted molar refractivity (Wildman–Crippen MR) is 44.3 cm³/mol. The molecule has 0 unspecified atom stereocenters. The molecule has 0 bridgehead atoms. The predicted octanol–water partition coefficient (Wildman–Crippen LogP) is 0.169. The zero-order valence-electron chi connectivity index (χ0n) is 7.72. The van der Waals surface area contributed by atoms with E-state index in [1.165, 1.54) is 0 Å². The van der Waals surface area contributed by atoms with Gasteiger partial charge >= 0.3 is 0 Å². The number of carbonyl (C=O) groups is 1. The molecule has 3 heteroatoms. The van der Waals surface area contributed by atoms with Crippen molar-refractivity contribution in [3.8, 4) is 0 Å². The summed E-state index contributed by atoms with van der Waals surface area (Å²) < 4.78 is 0. The molecule has 0 aromatic heterocycles. The fraction of sp³-hybridized carbons (Fsp3) is 0.875. The van der Waals surface area contributed by atoms with Crippen LogP contribution in [0.4, 0.5) is 0 Å². The van der Waals surface area contributed by atoms with Gasteiger partial charge in [0, 0.05) is 0 Å². The van der Waals surface area contributed by atoms with E-state index in [9.17, 15) is 4.79 Å². The Bertz CT molecular complexity index is 161. The van der Waals surface area contributed by atoms with Crippen LogP contribution < -0.4 is 0 Å². The van der Waals surface area contributed by atoms with E-state index >= 15 is 0 Å². The van der Waals surface area contributed by atoms with Gasteiger partial charge in [-0.25, -0.2) is 0 Å². The number of Topliss-reactive ketones (excluding diaryl/α,β-unsaturated/α-hetero) is 1. The Morgan fingerprint density at radius 1 is 1.18 bits per heavy atom. The van der Waals surface area contributed by atoms with Gasteiger partial charge in [-0.1, -0.05) is 0 Å². The van der Waals surface area contributed by atoms with Crippen molar-refractivity contribution in [2.45, 2.75) is 19.5 Å². The van der Waals surface area contributed by atoms with E-state index < -0.39 is 0 Å². The summed E-state index contributed by atoms with van der Waals surface area (Å²) in [6.45, 7) is 5.41. The van der Waals surface area contributed by atoms with Gasteiger partial charge in [-0.2, -0.15) is 0 Å². The molecular weight excluding hydrogens is 140 g/mol. The molecule has 0 amide bonds. The van der Waals surface area contributed by atoms with E-state index in [2.05, 4.69) is 23.6 Å². The number of nitrogens with zero attached hydrogens (tertiary/aromatic N) is 2. The Labute approximate surface area is 68.0 Å². The van der Waals surface area contributed by atoms with Crippen LogP contribution in [0, 0.1) is 0 Å². The van der Waals surface area contributed by atoms with Gasteiger partial charge in [0.05, 0.1) is 18.8 Å². The Kier molecular flexibility index (Phi) is 2.03. The molecule has 1 rings (SSSR count). The summed E-state index contributed by atoms with van der Waals surface area (Å²) in [5, 5.41) is 0. The van der Waals surface area contributed by atoms with Crippen molar-refractivity contribution in [1.29, 1.82) is 0 Å². The molecule has 0 atom stereocenters. The fourth-order valence-electron chi connectivity index (χ4n) is 1.26. The van der Waals surface area contributed by atoms with E-state index in [-0.39, 0.29) is 5.66 Å². The lowest BCUT2D eigenvalue weighted by Crippen LogP contribution is -2.61. The van der Waals surface area contributed by atoms with Crippen molar-refractivity contribution in [2.75, 3.05) is 27.2 Å². The molecule has 1 heterocycles. The molecule has 0 radical (unpaired) electrons. The summed E-state index contributed by atoms with van der Waals surface area (Å²) in [6.07, 6.45) is 0. The Hall–Kier alpha value is -0.410. The van der Waals surface area contributed by atoms with Crippen LogP contribution in [0.1, 0.15) is 13.8 Å². The van der Waals surface area contributed by atoms with Crippen molar-refractivity contribution in [1.82, 2.24) is 9.80 Å². The highest BCUT2D eigenvalue weighted by molar-refractivity contribution is 5.83. The number of carbonyl (C=O) groups excluding carboxylic acids is 1.